The van der Waals surface area contributed by atoms with Gasteiger partial charge in [0, 0.05) is 13.0 Å². The van der Waals surface area contributed by atoms with Gasteiger partial charge in [-0.1, -0.05) is 12.1 Å². The Morgan fingerprint density at radius 2 is 1.23 bits per heavy atom. The fourth-order valence-electron chi connectivity index (χ4n) is 2.21. The van der Waals surface area contributed by atoms with Gasteiger partial charge in [-0.25, -0.2) is 0 Å². The molecule has 0 saturated heterocycles. The van der Waals surface area contributed by atoms with Crippen LogP contribution in [0.25, 0.3) is 0 Å². The van der Waals surface area contributed by atoms with Crippen LogP contribution in [0.1, 0.15) is 27.1 Å². The van der Waals surface area contributed by atoms with Crippen LogP contribution in [0.2, 0.25) is 0 Å². The van der Waals surface area contributed by atoms with E-state index in [2.05, 4.69) is 10.6 Å². The molecule has 2 amide bonds. The number of phenolic OH excluding ortho intramolecular Hbond substituents is 4. The minimum Gasteiger partial charge on any atom is -0.504 e. The third-order valence-corrected chi connectivity index (χ3v) is 3.55. The van der Waals surface area contributed by atoms with Crippen molar-refractivity contribution in [1.29, 1.82) is 0 Å². The van der Waals surface area contributed by atoms with Gasteiger partial charge in [-0.15, -0.1) is 0 Å². The molecular weight excluding hydrogens is 344 g/mol. The van der Waals surface area contributed by atoms with E-state index in [1.165, 1.54) is 36.4 Å². The highest BCUT2D eigenvalue weighted by molar-refractivity contribution is 6.00. The predicted octanol–water partition coefficient (Wildman–Crippen LogP) is 0.377. The quantitative estimate of drug-likeness (QED) is 0.289. The maximum absolute atomic E-state index is 12.2. The number of hydrogen-bond donors (Lipinski definition) is 7. The minimum absolute atomic E-state index is 0.0589. The first-order chi connectivity index (χ1) is 12.3. The van der Waals surface area contributed by atoms with Crippen LogP contribution in [0.15, 0.2) is 36.4 Å². The number of carbonyl (C=O) groups excluding carboxylic acids is 2. The summed E-state index contributed by atoms with van der Waals surface area (Å²) in [6, 6.07) is 7.64. The van der Waals surface area contributed by atoms with Crippen LogP contribution < -0.4 is 10.6 Å². The lowest BCUT2D eigenvalue weighted by molar-refractivity contribution is 0.0867. The van der Waals surface area contributed by atoms with Gasteiger partial charge in [-0.3, -0.25) is 9.59 Å². The fraction of sp³-hybridized carbons (Fsp3) is 0.176. The fourth-order valence-corrected chi connectivity index (χ4v) is 2.21. The number of nitrogens with one attached hydrogen (secondary N) is 2. The summed E-state index contributed by atoms with van der Waals surface area (Å²) in [7, 11) is 0. The number of amides is 2. The Labute approximate surface area is 148 Å². The second-order valence-corrected chi connectivity index (χ2v) is 5.36. The lowest BCUT2D eigenvalue weighted by Crippen LogP contribution is -2.48. The lowest BCUT2D eigenvalue weighted by atomic mass is 10.1. The summed E-state index contributed by atoms with van der Waals surface area (Å²) in [5, 5.41) is 52.3. The molecule has 0 radical (unpaired) electrons. The number of phenols is 4. The van der Waals surface area contributed by atoms with Crippen molar-refractivity contribution in [2.45, 2.75) is 12.6 Å². The normalized spacial score (nSPS) is 10.5. The van der Waals surface area contributed by atoms with Gasteiger partial charge >= 0.3 is 0 Å². The third-order valence-electron chi connectivity index (χ3n) is 3.55. The predicted molar refractivity (Wildman–Crippen MR) is 90.0 cm³/mol. The monoisotopic (exact) mass is 362 g/mol. The SMILES string of the molecule is O=C(NC(CCO)NC(=O)c1cccc(O)c1O)c1cccc(O)c1O. The second kappa shape index (κ2) is 8.08. The summed E-state index contributed by atoms with van der Waals surface area (Å²) in [5.74, 6) is -3.79. The molecule has 2 aromatic rings. The van der Waals surface area contributed by atoms with Crippen LogP contribution in [0.5, 0.6) is 23.0 Å². The summed E-state index contributed by atoms with van der Waals surface area (Å²) < 4.78 is 0. The highest BCUT2D eigenvalue weighted by atomic mass is 16.3. The molecule has 9 nitrogen and oxygen atoms in total. The number of hydrogen-bond acceptors (Lipinski definition) is 7. The summed E-state index contributed by atoms with van der Waals surface area (Å²) in [4.78, 5) is 24.5. The molecule has 0 aliphatic heterocycles. The van der Waals surface area contributed by atoms with Crippen molar-refractivity contribution < 1.29 is 35.1 Å². The van der Waals surface area contributed by atoms with Crippen LogP contribution in [0.3, 0.4) is 0 Å². The van der Waals surface area contributed by atoms with Crippen LogP contribution in [-0.4, -0.2) is 50.1 Å². The second-order valence-electron chi connectivity index (χ2n) is 5.36. The highest BCUT2D eigenvalue weighted by Crippen LogP contribution is 2.29. The zero-order valence-corrected chi connectivity index (χ0v) is 13.5. The van der Waals surface area contributed by atoms with Crippen molar-refractivity contribution in [2.75, 3.05) is 6.61 Å². The molecular formula is C17H18N2O7. The van der Waals surface area contributed by atoms with Gasteiger partial charge in [-0.05, 0) is 24.3 Å². The largest absolute Gasteiger partial charge is 0.504 e. The Kier molecular flexibility index (Phi) is 5.86. The van der Waals surface area contributed by atoms with Gasteiger partial charge < -0.3 is 36.2 Å². The Bertz CT molecular complexity index is 757. The summed E-state index contributed by atoms with van der Waals surface area (Å²) in [6.45, 7) is -0.372. The Morgan fingerprint density at radius 1 is 0.808 bits per heavy atom. The number of rotatable bonds is 6. The lowest BCUT2D eigenvalue weighted by Gasteiger charge is -2.20. The van der Waals surface area contributed by atoms with Crippen molar-refractivity contribution in [1.82, 2.24) is 10.6 Å². The van der Waals surface area contributed by atoms with E-state index in [1.54, 1.807) is 0 Å². The van der Waals surface area contributed by atoms with Crippen LogP contribution in [0, 0.1) is 0 Å². The Hall–Kier alpha value is -3.46. The van der Waals surface area contributed by atoms with E-state index in [-0.39, 0.29) is 24.2 Å². The van der Waals surface area contributed by atoms with Crippen LogP contribution in [0.4, 0.5) is 0 Å². The van der Waals surface area contributed by atoms with Crippen molar-refractivity contribution in [2.24, 2.45) is 0 Å². The Morgan fingerprint density at radius 3 is 1.62 bits per heavy atom. The summed E-state index contributed by atoms with van der Waals surface area (Å²) in [5.41, 5.74) is -0.440. The molecule has 0 aliphatic rings. The molecule has 0 atom stereocenters. The van der Waals surface area contributed by atoms with E-state index in [0.29, 0.717) is 0 Å². The van der Waals surface area contributed by atoms with Crippen LogP contribution in [-0.2, 0) is 0 Å². The molecule has 26 heavy (non-hydrogen) atoms. The number of aliphatic hydroxyl groups is 1. The first kappa shape index (κ1) is 18.9. The maximum atomic E-state index is 12.2. The van der Waals surface area contributed by atoms with E-state index in [4.69, 9.17) is 5.11 Å². The number of aromatic hydroxyl groups is 4. The topological polar surface area (TPSA) is 159 Å². The standard InChI is InChI=1S/C17H18N2O7/c20-8-7-13(18-16(25)9-3-1-5-11(21)14(9)23)19-17(26)10-4-2-6-12(22)15(10)24/h1-6,13,20-24H,7-8H2,(H,18,25)(H,19,26). The number of carbonyl (C=O) groups is 2. The van der Waals surface area contributed by atoms with E-state index in [1.807, 2.05) is 0 Å². The number of benzene rings is 2. The van der Waals surface area contributed by atoms with Gasteiger partial charge in [-0.2, -0.15) is 0 Å². The van der Waals surface area contributed by atoms with E-state index < -0.39 is 41.0 Å². The van der Waals surface area contributed by atoms with E-state index >= 15 is 0 Å². The zero-order valence-electron chi connectivity index (χ0n) is 13.5. The molecule has 0 aliphatic carbocycles. The van der Waals surface area contributed by atoms with E-state index in [9.17, 15) is 30.0 Å². The molecule has 138 valence electrons. The van der Waals surface area contributed by atoms with Crippen molar-refractivity contribution in [3.05, 3.63) is 47.5 Å². The van der Waals surface area contributed by atoms with Crippen molar-refractivity contribution in [3.8, 4) is 23.0 Å². The first-order valence-corrected chi connectivity index (χ1v) is 7.59. The van der Waals surface area contributed by atoms with Gasteiger partial charge in [0.2, 0.25) is 0 Å². The Balaban J connectivity index is 2.16. The minimum atomic E-state index is -1.04. The molecule has 0 saturated carbocycles. The molecule has 0 unspecified atom stereocenters. The molecule has 0 heterocycles. The molecule has 9 heteroatoms. The molecule has 0 aromatic heterocycles. The number of para-hydroxylation sites is 2. The molecule has 2 rings (SSSR count). The molecule has 0 bridgehead atoms. The van der Waals surface area contributed by atoms with Gasteiger partial charge in [0.15, 0.2) is 23.0 Å². The smallest absolute Gasteiger partial charge is 0.256 e. The molecule has 0 fully saturated rings. The van der Waals surface area contributed by atoms with Gasteiger partial charge in [0.25, 0.3) is 11.8 Å². The van der Waals surface area contributed by atoms with Crippen LogP contribution >= 0.6 is 0 Å². The number of aliphatic hydroxyl groups excluding tert-OH is 1. The average molecular weight is 362 g/mol. The van der Waals surface area contributed by atoms with Gasteiger partial charge in [0.1, 0.15) is 6.17 Å². The molecule has 0 spiro atoms. The van der Waals surface area contributed by atoms with Gasteiger partial charge in [0.05, 0.1) is 11.1 Å². The molecule has 2 aromatic carbocycles. The maximum Gasteiger partial charge on any atom is 0.256 e. The average Bonchev–Trinajstić information content (AvgIpc) is 2.59. The summed E-state index contributed by atoms with van der Waals surface area (Å²) in [6.07, 6.45) is -1.10. The van der Waals surface area contributed by atoms with E-state index in [0.717, 1.165) is 0 Å². The van der Waals surface area contributed by atoms with Crippen molar-refractivity contribution in [3.63, 3.8) is 0 Å². The zero-order chi connectivity index (χ0) is 19.3. The third kappa shape index (κ3) is 4.14. The first-order valence-electron chi connectivity index (χ1n) is 7.59. The molecule has 7 N–H and O–H groups in total. The summed E-state index contributed by atoms with van der Waals surface area (Å²) >= 11 is 0. The highest BCUT2D eigenvalue weighted by Gasteiger charge is 2.21. The van der Waals surface area contributed by atoms with Crippen molar-refractivity contribution >= 4 is 11.8 Å².